The minimum Gasteiger partial charge on any atom is -0.726 e. The van der Waals surface area contributed by atoms with Gasteiger partial charge in [0.2, 0.25) is 10.4 Å². The minimum absolute atomic E-state index is 0. The van der Waals surface area contributed by atoms with Crippen LogP contribution in [0.5, 0.6) is 0 Å². The smallest absolute Gasteiger partial charge is 0.726 e. The zero-order valence-electron chi connectivity index (χ0n) is 22.1. The van der Waals surface area contributed by atoms with Crippen LogP contribution in [-0.4, -0.2) is 19.1 Å². The van der Waals surface area contributed by atoms with Gasteiger partial charge in [0, 0.05) is 0 Å². The van der Waals surface area contributed by atoms with E-state index >= 15 is 0 Å². The van der Waals surface area contributed by atoms with Crippen LogP contribution in [0, 0.1) is 52.3 Å². The maximum Gasteiger partial charge on any atom is 1.00 e. The van der Waals surface area contributed by atoms with Crippen molar-refractivity contribution in [1.82, 2.24) is 0 Å². The Morgan fingerprint density at radius 1 is 0.909 bits per heavy atom. The fourth-order valence-electron chi connectivity index (χ4n) is 9.50. The fourth-order valence-corrected chi connectivity index (χ4v) is 10.0. The standard InChI is InChI=1S/C27H48O4S.Na/c1-18(2)7-6-8-19(3)23-11-12-24-22-10-9-20-17-21(31-32(28,29)30)13-15-26(20,4)25(22)14-16-27(23,24)5;/h18-25H,6-17H2,1-5H3,(H,28,29,30);/q;+1/p-1/t19-,20+,21+,22+,23-,24+,25+,26+,27-;/m1./s1. The SMILES string of the molecule is CC(C)CCC[C@@H](C)[C@H]1CC[C@H]2[C@@H]3CC[C@H]4C[C@@H](OS(=O)(=O)[O-])CC[C@]4(C)[C@H]3CC[C@]12C.[Na+]. The molecule has 0 aromatic heterocycles. The van der Waals surface area contributed by atoms with Gasteiger partial charge in [0.05, 0.1) is 6.10 Å². The Bertz CT molecular complexity index is 770. The van der Waals surface area contributed by atoms with Crippen LogP contribution >= 0.6 is 0 Å². The molecule has 4 aliphatic rings. The van der Waals surface area contributed by atoms with Crippen LogP contribution in [-0.2, 0) is 14.6 Å². The van der Waals surface area contributed by atoms with Crippen LogP contribution in [0.2, 0.25) is 0 Å². The van der Waals surface area contributed by atoms with Gasteiger partial charge in [0.15, 0.2) is 0 Å². The summed E-state index contributed by atoms with van der Waals surface area (Å²) >= 11 is 0. The molecule has 0 N–H and O–H groups in total. The van der Waals surface area contributed by atoms with E-state index in [9.17, 15) is 13.0 Å². The zero-order chi connectivity index (χ0) is 23.3. The van der Waals surface area contributed by atoms with Gasteiger partial charge in [-0.25, -0.2) is 8.42 Å². The largest absolute Gasteiger partial charge is 1.00 e. The van der Waals surface area contributed by atoms with Gasteiger partial charge in [0.1, 0.15) is 0 Å². The molecular weight excluding hydrogens is 443 g/mol. The predicted molar refractivity (Wildman–Crippen MR) is 128 cm³/mol. The van der Waals surface area contributed by atoms with E-state index in [1.807, 2.05) is 0 Å². The van der Waals surface area contributed by atoms with Crippen molar-refractivity contribution in [2.45, 2.75) is 118 Å². The molecule has 33 heavy (non-hydrogen) atoms. The molecule has 0 saturated heterocycles. The molecule has 4 nitrogen and oxygen atoms in total. The molecule has 0 aliphatic heterocycles. The molecule has 0 radical (unpaired) electrons. The van der Waals surface area contributed by atoms with Gasteiger partial charge in [0.25, 0.3) is 0 Å². The summed E-state index contributed by atoms with van der Waals surface area (Å²) in [5.41, 5.74) is 0.802. The molecular formula is C27H47NaO4S. The molecule has 0 aromatic rings. The van der Waals surface area contributed by atoms with Crippen molar-refractivity contribution in [3.63, 3.8) is 0 Å². The van der Waals surface area contributed by atoms with Crippen LogP contribution in [0.15, 0.2) is 0 Å². The summed E-state index contributed by atoms with van der Waals surface area (Å²) in [6.45, 7) is 12.3. The number of hydrogen-bond donors (Lipinski definition) is 0. The molecule has 4 saturated carbocycles. The molecule has 4 aliphatic carbocycles. The van der Waals surface area contributed by atoms with Crippen LogP contribution in [0.25, 0.3) is 0 Å². The average molecular weight is 491 g/mol. The Labute approximate surface area is 226 Å². The maximum atomic E-state index is 11.1. The molecule has 0 bridgehead atoms. The Morgan fingerprint density at radius 3 is 2.24 bits per heavy atom. The van der Waals surface area contributed by atoms with Crippen LogP contribution < -0.4 is 29.6 Å². The number of rotatable bonds is 7. The normalized spacial score (nSPS) is 43.8. The summed E-state index contributed by atoms with van der Waals surface area (Å²) in [5.74, 6) is 5.51. The summed E-state index contributed by atoms with van der Waals surface area (Å²) in [6.07, 6.45) is 14.2. The zero-order valence-corrected chi connectivity index (χ0v) is 25.0. The molecule has 9 atom stereocenters. The first kappa shape index (κ1) is 28.4. The monoisotopic (exact) mass is 490 g/mol. The molecule has 0 heterocycles. The first-order valence-electron chi connectivity index (χ1n) is 13.6. The van der Waals surface area contributed by atoms with Crippen molar-refractivity contribution in [3.8, 4) is 0 Å². The van der Waals surface area contributed by atoms with Crippen molar-refractivity contribution in [1.29, 1.82) is 0 Å². The summed E-state index contributed by atoms with van der Waals surface area (Å²) in [7, 11) is -4.60. The predicted octanol–water partition coefficient (Wildman–Crippen LogP) is 3.96. The van der Waals surface area contributed by atoms with Crippen molar-refractivity contribution in [2.24, 2.45) is 52.3 Å². The summed E-state index contributed by atoms with van der Waals surface area (Å²) in [4.78, 5) is 0. The van der Waals surface area contributed by atoms with Crippen molar-refractivity contribution >= 4 is 10.4 Å². The van der Waals surface area contributed by atoms with Crippen molar-refractivity contribution < 1.29 is 46.7 Å². The van der Waals surface area contributed by atoms with E-state index in [0.29, 0.717) is 11.3 Å². The van der Waals surface area contributed by atoms with Gasteiger partial charge in [-0.3, -0.25) is 4.18 Å². The summed E-state index contributed by atoms with van der Waals surface area (Å²) in [5, 5.41) is 0. The second-order valence-electron chi connectivity index (χ2n) is 13.1. The second kappa shape index (κ2) is 10.7. The van der Waals surface area contributed by atoms with Gasteiger partial charge in [-0.15, -0.1) is 0 Å². The van der Waals surface area contributed by atoms with Crippen molar-refractivity contribution in [3.05, 3.63) is 0 Å². The summed E-state index contributed by atoms with van der Waals surface area (Å²) < 4.78 is 38.3. The second-order valence-corrected chi connectivity index (χ2v) is 14.1. The Kier molecular flexibility index (Phi) is 9.22. The molecule has 4 fully saturated rings. The first-order chi connectivity index (χ1) is 14.9. The summed E-state index contributed by atoms with van der Waals surface area (Å²) in [6, 6.07) is 0. The first-order valence-corrected chi connectivity index (χ1v) is 14.9. The molecule has 0 spiro atoms. The van der Waals surface area contributed by atoms with E-state index in [2.05, 4.69) is 34.6 Å². The van der Waals surface area contributed by atoms with Gasteiger partial charge >= 0.3 is 29.6 Å². The quantitative estimate of drug-likeness (QED) is 0.308. The molecule has 0 unspecified atom stereocenters. The van der Waals surface area contributed by atoms with E-state index in [-0.39, 0.29) is 35.0 Å². The molecule has 4 rings (SSSR count). The van der Waals surface area contributed by atoms with E-state index in [4.69, 9.17) is 4.18 Å². The number of hydrogen-bond acceptors (Lipinski definition) is 4. The van der Waals surface area contributed by atoms with E-state index in [1.165, 1.54) is 57.8 Å². The van der Waals surface area contributed by atoms with Crippen LogP contribution in [0.1, 0.15) is 112 Å². The third kappa shape index (κ3) is 5.74. The molecule has 0 aromatic carbocycles. The van der Waals surface area contributed by atoms with Crippen molar-refractivity contribution in [2.75, 3.05) is 0 Å². The Hall–Kier alpha value is 0.870. The van der Waals surface area contributed by atoms with Gasteiger partial charge in [-0.05, 0) is 110 Å². The van der Waals surface area contributed by atoms with Gasteiger partial charge in [-0.2, -0.15) is 0 Å². The van der Waals surface area contributed by atoms with Gasteiger partial charge < -0.3 is 4.55 Å². The van der Waals surface area contributed by atoms with E-state index < -0.39 is 16.5 Å². The van der Waals surface area contributed by atoms with E-state index in [1.54, 1.807) is 0 Å². The Balaban J connectivity index is 0.00000306. The Morgan fingerprint density at radius 2 is 1.58 bits per heavy atom. The van der Waals surface area contributed by atoms with Crippen LogP contribution in [0.4, 0.5) is 0 Å². The van der Waals surface area contributed by atoms with E-state index in [0.717, 1.165) is 54.8 Å². The minimum atomic E-state index is -4.60. The molecule has 6 heteroatoms. The molecule has 0 amide bonds. The maximum absolute atomic E-state index is 11.1. The van der Waals surface area contributed by atoms with Gasteiger partial charge in [-0.1, -0.05) is 53.9 Å². The third-order valence-electron chi connectivity index (χ3n) is 11.1. The molecule has 186 valence electrons. The fraction of sp³-hybridized carbons (Fsp3) is 1.00. The average Bonchev–Trinajstić information content (AvgIpc) is 3.04. The third-order valence-corrected chi connectivity index (χ3v) is 11.6. The number of fused-ring (bicyclic) bond motifs is 5. The van der Waals surface area contributed by atoms with Crippen LogP contribution in [0.3, 0.4) is 0 Å². The topological polar surface area (TPSA) is 66.4 Å².